The van der Waals surface area contributed by atoms with E-state index >= 15 is 0 Å². The molecule has 1 amide bonds. The maximum absolute atomic E-state index is 13.3. The number of hydrogen-bond acceptors (Lipinski definition) is 5. The van der Waals surface area contributed by atoms with Gasteiger partial charge in [-0.15, -0.1) is 11.3 Å². The molecule has 1 aliphatic rings. The van der Waals surface area contributed by atoms with E-state index in [0.717, 1.165) is 37.6 Å². The van der Waals surface area contributed by atoms with E-state index in [9.17, 15) is 9.18 Å². The molecule has 0 spiro atoms. The van der Waals surface area contributed by atoms with Gasteiger partial charge in [0.1, 0.15) is 5.82 Å². The third-order valence-corrected chi connectivity index (χ3v) is 7.16. The number of rotatable bonds is 7. The Morgan fingerprint density at radius 2 is 1.67 bits per heavy atom. The largest absolute Gasteiger partial charge is 0.378 e. The van der Waals surface area contributed by atoms with Crippen LogP contribution in [-0.4, -0.2) is 57.1 Å². The summed E-state index contributed by atoms with van der Waals surface area (Å²) in [7, 11) is 3.97. The van der Waals surface area contributed by atoms with Gasteiger partial charge in [-0.3, -0.25) is 9.69 Å². The molecule has 0 bridgehead atoms. The SMILES string of the molecule is C[C@@H](NC(=O)c1ccc(N(C)C)cc1)[C@@H](c1cccs1)N1CCN(c2ccc(F)cc2)CC1. The fourth-order valence-electron chi connectivity index (χ4n) is 4.39. The zero-order valence-corrected chi connectivity index (χ0v) is 20.2. The third kappa shape index (κ3) is 5.54. The average Bonchev–Trinajstić information content (AvgIpc) is 3.34. The van der Waals surface area contributed by atoms with Crippen molar-refractivity contribution in [2.75, 3.05) is 50.1 Å². The summed E-state index contributed by atoms with van der Waals surface area (Å²) in [5.41, 5.74) is 2.78. The molecular weight excluding hydrogens is 435 g/mol. The van der Waals surface area contributed by atoms with Gasteiger partial charge in [0.15, 0.2) is 0 Å². The van der Waals surface area contributed by atoms with Crippen LogP contribution in [0.2, 0.25) is 0 Å². The van der Waals surface area contributed by atoms with Crippen molar-refractivity contribution >= 4 is 28.6 Å². The molecule has 2 heterocycles. The number of nitrogens with zero attached hydrogens (tertiary/aromatic N) is 3. The van der Waals surface area contributed by atoms with Crippen LogP contribution in [0.25, 0.3) is 0 Å². The molecule has 1 N–H and O–H groups in total. The Morgan fingerprint density at radius 3 is 2.24 bits per heavy atom. The predicted octanol–water partition coefficient (Wildman–Crippen LogP) is 4.64. The summed E-state index contributed by atoms with van der Waals surface area (Å²) in [5, 5.41) is 5.33. The van der Waals surface area contributed by atoms with E-state index < -0.39 is 0 Å². The smallest absolute Gasteiger partial charge is 0.251 e. The first kappa shape index (κ1) is 23.3. The van der Waals surface area contributed by atoms with Crippen LogP contribution in [0.3, 0.4) is 0 Å². The van der Waals surface area contributed by atoms with Gasteiger partial charge in [-0.1, -0.05) is 6.07 Å². The molecular formula is C26H31FN4OS. The minimum Gasteiger partial charge on any atom is -0.378 e. The number of benzene rings is 2. The van der Waals surface area contributed by atoms with Gasteiger partial charge in [0.05, 0.1) is 6.04 Å². The highest BCUT2D eigenvalue weighted by molar-refractivity contribution is 7.10. The fourth-order valence-corrected chi connectivity index (χ4v) is 5.36. The van der Waals surface area contributed by atoms with Gasteiger partial charge in [-0.25, -0.2) is 4.39 Å². The number of piperazine rings is 1. The van der Waals surface area contributed by atoms with Crippen molar-refractivity contribution in [3.8, 4) is 0 Å². The predicted molar refractivity (Wildman–Crippen MR) is 135 cm³/mol. The molecule has 3 aromatic rings. The van der Waals surface area contributed by atoms with Crippen LogP contribution in [-0.2, 0) is 0 Å². The lowest BCUT2D eigenvalue weighted by Crippen LogP contribution is -2.52. The van der Waals surface area contributed by atoms with E-state index in [-0.39, 0.29) is 23.8 Å². The lowest BCUT2D eigenvalue weighted by atomic mass is 10.0. The van der Waals surface area contributed by atoms with Gasteiger partial charge >= 0.3 is 0 Å². The summed E-state index contributed by atoms with van der Waals surface area (Å²) in [4.78, 5) is 21.0. The number of carbonyl (C=O) groups is 1. The zero-order chi connectivity index (χ0) is 23.4. The molecule has 0 unspecified atom stereocenters. The van der Waals surface area contributed by atoms with Crippen LogP contribution in [0, 0.1) is 5.82 Å². The molecule has 5 nitrogen and oxygen atoms in total. The molecule has 1 aromatic heterocycles. The first-order valence-electron chi connectivity index (χ1n) is 11.3. The maximum atomic E-state index is 13.3. The zero-order valence-electron chi connectivity index (χ0n) is 19.4. The molecule has 4 rings (SSSR count). The van der Waals surface area contributed by atoms with E-state index in [4.69, 9.17) is 0 Å². The van der Waals surface area contributed by atoms with Crippen LogP contribution >= 0.6 is 11.3 Å². The van der Waals surface area contributed by atoms with Gasteiger partial charge < -0.3 is 15.1 Å². The molecule has 2 atom stereocenters. The molecule has 33 heavy (non-hydrogen) atoms. The Kier molecular flexibility index (Phi) is 7.30. The molecule has 1 fully saturated rings. The van der Waals surface area contributed by atoms with Gasteiger partial charge in [-0.05, 0) is 66.9 Å². The number of hydrogen-bond donors (Lipinski definition) is 1. The van der Waals surface area contributed by atoms with Crippen molar-refractivity contribution in [3.63, 3.8) is 0 Å². The highest BCUT2D eigenvalue weighted by Gasteiger charge is 2.31. The first-order chi connectivity index (χ1) is 15.9. The number of thiophene rings is 1. The monoisotopic (exact) mass is 466 g/mol. The van der Waals surface area contributed by atoms with Crippen molar-refractivity contribution in [1.29, 1.82) is 0 Å². The Labute approximate surface area is 199 Å². The number of nitrogens with one attached hydrogen (secondary N) is 1. The normalized spacial score (nSPS) is 16.3. The summed E-state index contributed by atoms with van der Waals surface area (Å²) < 4.78 is 13.3. The quantitative estimate of drug-likeness (QED) is 0.551. The van der Waals surface area contributed by atoms with E-state index in [2.05, 4.69) is 39.6 Å². The number of halogens is 1. The maximum Gasteiger partial charge on any atom is 0.251 e. The standard InChI is InChI=1S/C26H31FN4OS/c1-19(28-26(32)20-6-10-22(11-7-20)29(2)3)25(24-5-4-18-33-24)31-16-14-30(15-17-31)23-12-8-21(27)9-13-23/h4-13,18-19,25H,14-17H2,1-3H3,(H,28,32)/t19-,25+/m1/s1. The minimum atomic E-state index is -0.212. The molecule has 7 heteroatoms. The van der Waals surface area contributed by atoms with Crippen molar-refractivity contribution in [2.45, 2.75) is 19.0 Å². The van der Waals surface area contributed by atoms with Crippen molar-refractivity contribution < 1.29 is 9.18 Å². The fraction of sp³-hybridized carbons (Fsp3) is 0.346. The molecule has 2 aromatic carbocycles. The third-order valence-electron chi connectivity index (χ3n) is 6.21. The van der Waals surface area contributed by atoms with Crippen molar-refractivity contribution in [2.24, 2.45) is 0 Å². The second-order valence-corrected chi connectivity index (χ2v) is 9.64. The molecule has 1 aliphatic heterocycles. The van der Waals surface area contributed by atoms with Crippen LogP contribution < -0.4 is 15.1 Å². The van der Waals surface area contributed by atoms with Gasteiger partial charge in [-0.2, -0.15) is 0 Å². The lowest BCUT2D eigenvalue weighted by Gasteiger charge is -2.42. The second kappa shape index (κ2) is 10.4. The number of anilines is 2. The van der Waals surface area contributed by atoms with Crippen LogP contribution in [0.1, 0.15) is 28.2 Å². The molecule has 0 saturated carbocycles. The topological polar surface area (TPSA) is 38.8 Å². The Bertz CT molecular complexity index is 1030. The first-order valence-corrected chi connectivity index (χ1v) is 12.2. The molecule has 1 saturated heterocycles. The van der Waals surface area contributed by atoms with E-state index in [1.165, 1.54) is 17.0 Å². The summed E-state index contributed by atoms with van der Waals surface area (Å²) in [6.07, 6.45) is 0. The molecule has 174 valence electrons. The highest BCUT2D eigenvalue weighted by Crippen LogP contribution is 2.30. The average molecular weight is 467 g/mol. The lowest BCUT2D eigenvalue weighted by molar-refractivity contribution is 0.0890. The summed E-state index contributed by atoms with van der Waals surface area (Å²) >= 11 is 1.73. The van der Waals surface area contributed by atoms with Gasteiger partial charge in [0.2, 0.25) is 0 Å². The van der Waals surface area contributed by atoms with Crippen molar-refractivity contribution in [1.82, 2.24) is 10.2 Å². The molecule has 0 aliphatic carbocycles. The van der Waals surface area contributed by atoms with E-state index in [1.54, 1.807) is 11.3 Å². The Morgan fingerprint density at radius 1 is 1.00 bits per heavy atom. The second-order valence-electron chi connectivity index (χ2n) is 8.66. The number of carbonyl (C=O) groups excluding carboxylic acids is 1. The number of amides is 1. The van der Waals surface area contributed by atoms with E-state index in [1.807, 2.05) is 55.4 Å². The highest BCUT2D eigenvalue weighted by atomic mass is 32.1. The van der Waals surface area contributed by atoms with Crippen molar-refractivity contribution in [3.05, 3.63) is 82.3 Å². The molecule has 0 radical (unpaired) electrons. The van der Waals surface area contributed by atoms with Gasteiger partial charge in [0, 0.05) is 68.1 Å². The summed E-state index contributed by atoms with van der Waals surface area (Å²) in [6, 6.07) is 18.6. The summed E-state index contributed by atoms with van der Waals surface area (Å²) in [5.74, 6) is -0.268. The van der Waals surface area contributed by atoms with Gasteiger partial charge in [0.25, 0.3) is 5.91 Å². The van der Waals surface area contributed by atoms with Crippen LogP contribution in [0.5, 0.6) is 0 Å². The van der Waals surface area contributed by atoms with Crippen LogP contribution in [0.15, 0.2) is 66.0 Å². The Hall–Kier alpha value is -2.90. The summed E-state index contributed by atoms with van der Waals surface area (Å²) in [6.45, 7) is 5.55. The Balaban J connectivity index is 1.44. The van der Waals surface area contributed by atoms with E-state index in [0.29, 0.717) is 5.56 Å². The van der Waals surface area contributed by atoms with Crippen LogP contribution in [0.4, 0.5) is 15.8 Å². The minimum absolute atomic E-state index is 0.0537.